The molecule has 2 N–H and O–H groups in total. The highest BCUT2D eigenvalue weighted by Gasteiger charge is 2.32. The molecule has 1 unspecified atom stereocenters. The fourth-order valence-electron chi connectivity index (χ4n) is 4.78. The van der Waals surface area contributed by atoms with Crippen molar-refractivity contribution in [1.82, 2.24) is 10.2 Å². The van der Waals surface area contributed by atoms with Gasteiger partial charge in [-0.3, -0.25) is 9.59 Å². The quantitative estimate of drug-likeness (QED) is 0.406. The Morgan fingerprint density at radius 3 is 2.03 bits per heavy atom. The number of nitrogens with one attached hydrogen (secondary N) is 1. The number of carbonyl (C=O) groups excluding carboxylic acids is 2. The lowest BCUT2D eigenvalue weighted by Gasteiger charge is -2.29. The molecule has 0 radical (unpaired) electrons. The monoisotopic (exact) mass is 500 g/mol. The molecule has 192 valence electrons. The maximum absolute atomic E-state index is 13.5. The molecule has 0 saturated heterocycles. The van der Waals surface area contributed by atoms with Crippen molar-refractivity contribution in [2.45, 2.75) is 38.8 Å². The fraction of sp³-hybridized carbons (Fsp3) is 0.300. The zero-order chi connectivity index (χ0) is 26.4. The highest BCUT2D eigenvalue weighted by atomic mass is 16.5. The molecule has 0 fully saturated rings. The summed E-state index contributed by atoms with van der Waals surface area (Å²) in [5.41, 5.74) is 5.37. The molecule has 1 aliphatic rings. The Morgan fingerprint density at radius 1 is 0.892 bits per heavy atom. The number of alkyl carbamates (subject to hydrolysis) is 1. The van der Waals surface area contributed by atoms with Gasteiger partial charge >= 0.3 is 12.1 Å². The Bertz CT molecular complexity index is 1210. The molecule has 7 heteroatoms. The molecular formula is C30H32N2O5. The van der Waals surface area contributed by atoms with E-state index in [1.807, 2.05) is 80.6 Å². The predicted molar refractivity (Wildman–Crippen MR) is 141 cm³/mol. The maximum atomic E-state index is 13.5. The summed E-state index contributed by atoms with van der Waals surface area (Å²) >= 11 is 0. The number of benzene rings is 3. The molecule has 3 aromatic carbocycles. The molecule has 0 bridgehead atoms. The lowest BCUT2D eigenvalue weighted by molar-refractivity contribution is -0.139. The van der Waals surface area contributed by atoms with Crippen LogP contribution in [0.25, 0.3) is 11.1 Å². The maximum Gasteiger partial charge on any atom is 0.407 e. The number of hydrogen-bond donors (Lipinski definition) is 2. The van der Waals surface area contributed by atoms with E-state index in [1.54, 1.807) is 0 Å². The second-order valence-electron chi connectivity index (χ2n) is 9.58. The van der Waals surface area contributed by atoms with Gasteiger partial charge in [0.2, 0.25) is 5.91 Å². The Hall–Kier alpha value is -4.13. The summed E-state index contributed by atoms with van der Waals surface area (Å²) in [4.78, 5) is 39.1. The molecule has 1 aliphatic carbocycles. The first-order chi connectivity index (χ1) is 17.8. The topological polar surface area (TPSA) is 95.9 Å². The van der Waals surface area contributed by atoms with Gasteiger partial charge in [-0.2, -0.15) is 0 Å². The van der Waals surface area contributed by atoms with Crippen LogP contribution >= 0.6 is 0 Å². The molecule has 7 nitrogen and oxygen atoms in total. The van der Waals surface area contributed by atoms with Gasteiger partial charge in [0.05, 0.1) is 6.42 Å². The van der Waals surface area contributed by atoms with Crippen LogP contribution in [0.1, 0.15) is 42.9 Å². The molecule has 0 aromatic heterocycles. The smallest absolute Gasteiger partial charge is 0.407 e. The summed E-state index contributed by atoms with van der Waals surface area (Å²) in [5.74, 6) is -1.64. The van der Waals surface area contributed by atoms with E-state index < -0.39 is 18.1 Å². The average Bonchev–Trinajstić information content (AvgIpc) is 3.22. The Kier molecular flexibility index (Phi) is 8.23. The van der Waals surface area contributed by atoms with E-state index in [4.69, 9.17) is 4.74 Å². The normalized spacial score (nSPS) is 12.9. The zero-order valence-electron chi connectivity index (χ0n) is 21.1. The van der Waals surface area contributed by atoms with E-state index in [9.17, 15) is 19.5 Å². The van der Waals surface area contributed by atoms with Gasteiger partial charge in [-0.1, -0.05) is 92.7 Å². The van der Waals surface area contributed by atoms with Gasteiger partial charge in [-0.05, 0) is 33.7 Å². The predicted octanol–water partition coefficient (Wildman–Crippen LogP) is 5.05. The minimum absolute atomic E-state index is 0.0403. The highest BCUT2D eigenvalue weighted by molar-refractivity contribution is 5.86. The molecule has 2 amide bonds. The second kappa shape index (κ2) is 11.7. The number of aliphatic carboxylic acids is 1. The van der Waals surface area contributed by atoms with E-state index in [0.29, 0.717) is 0 Å². The van der Waals surface area contributed by atoms with Crippen LogP contribution in [-0.2, 0) is 20.9 Å². The lowest BCUT2D eigenvalue weighted by atomic mass is 9.98. The third-order valence-electron chi connectivity index (χ3n) is 6.67. The molecule has 0 heterocycles. The van der Waals surface area contributed by atoms with Crippen molar-refractivity contribution < 1.29 is 24.2 Å². The summed E-state index contributed by atoms with van der Waals surface area (Å²) < 4.78 is 5.65. The van der Waals surface area contributed by atoms with Gasteiger partial charge in [-0.15, -0.1) is 0 Å². The molecule has 3 aromatic rings. The van der Waals surface area contributed by atoms with Crippen LogP contribution < -0.4 is 5.32 Å². The highest BCUT2D eigenvalue weighted by Crippen LogP contribution is 2.44. The first-order valence-electron chi connectivity index (χ1n) is 12.5. The van der Waals surface area contributed by atoms with E-state index in [-0.39, 0.29) is 43.9 Å². The van der Waals surface area contributed by atoms with Gasteiger partial charge in [0, 0.05) is 19.0 Å². The third kappa shape index (κ3) is 6.17. The molecule has 1 atom stereocenters. The van der Waals surface area contributed by atoms with Gasteiger partial charge in [0.1, 0.15) is 12.6 Å². The van der Waals surface area contributed by atoms with Gasteiger partial charge < -0.3 is 20.1 Å². The van der Waals surface area contributed by atoms with Crippen molar-refractivity contribution in [2.24, 2.45) is 5.92 Å². The van der Waals surface area contributed by atoms with Gasteiger partial charge in [0.25, 0.3) is 0 Å². The van der Waals surface area contributed by atoms with Crippen molar-refractivity contribution >= 4 is 18.0 Å². The molecule has 0 saturated carbocycles. The molecule has 0 spiro atoms. The summed E-state index contributed by atoms with van der Waals surface area (Å²) in [5, 5.41) is 11.9. The number of carboxylic acid groups (broad SMARTS) is 1. The Balaban J connectivity index is 1.44. The number of carboxylic acids is 1. The largest absolute Gasteiger partial charge is 0.481 e. The number of ether oxygens (including phenoxy) is 1. The van der Waals surface area contributed by atoms with Crippen LogP contribution in [0.4, 0.5) is 4.79 Å². The van der Waals surface area contributed by atoms with E-state index >= 15 is 0 Å². The van der Waals surface area contributed by atoms with Crippen LogP contribution in [0.2, 0.25) is 0 Å². The number of hydrogen-bond acceptors (Lipinski definition) is 4. The van der Waals surface area contributed by atoms with Crippen molar-refractivity contribution in [3.8, 4) is 11.1 Å². The van der Waals surface area contributed by atoms with Crippen molar-refractivity contribution in [1.29, 1.82) is 0 Å². The van der Waals surface area contributed by atoms with Crippen molar-refractivity contribution in [3.05, 3.63) is 95.6 Å². The standard InChI is InChI=1S/C30H32N2O5/c1-20(2)28(29(35)32(17-16-27(33)34)18-21-10-4-3-5-11-21)31-30(36)37-19-26-24-14-8-6-12-22(24)23-13-7-9-15-25(23)26/h3-15,20,26,28H,16-19H2,1-2H3,(H,31,36)(H,33,34). The van der Waals surface area contributed by atoms with Crippen molar-refractivity contribution in [3.63, 3.8) is 0 Å². The van der Waals surface area contributed by atoms with Gasteiger partial charge in [-0.25, -0.2) is 4.79 Å². The molecular weight excluding hydrogens is 468 g/mol. The van der Waals surface area contributed by atoms with Crippen LogP contribution in [0.3, 0.4) is 0 Å². The number of carbonyl (C=O) groups is 3. The first-order valence-corrected chi connectivity index (χ1v) is 12.5. The minimum atomic E-state index is -0.989. The van der Waals surface area contributed by atoms with Crippen LogP contribution in [-0.4, -0.2) is 47.2 Å². The van der Waals surface area contributed by atoms with E-state index in [1.165, 1.54) is 4.90 Å². The van der Waals surface area contributed by atoms with Crippen LogP contribution in [0.5, 0.6) is 0 Å². The Morgan fingerprint density at radius 2 is 1.46 bits per heavy atom. The summed E-state index contributed by atoms with van der Waals surface area (Å²) in [6.45, 7) is 4.11. The Labute approximate surface area is 217 Å². The zero-order valence-corrected chi connectivity index (χ0v) is 21.1. The number of nitrogens with zero attached hydrogens (tertiary/aromatic N) is 1. The van der Waals surface area contributed by atoms with Crippen molar-refractivity contribution in [2.75, 3.05) is 13.2 Å². The van der Waals surface area contributed by atoms with Gasteiger partial charge in [0.15, 0.2) is 0 Å². The molecule has 37 heavy (non-hydrogen) atoms. The molecule has 4 rings (SSSR count). The number of rotatable bonds is 10. The van der Waals surface area contributed by atoms with E-state index in [0.717, 1.165) is 27.8 Å². The lowest BCUT2D eigenvalue weighted by Crippen LogP contribution is -2.51. The number of amides is 2. The first kappa shape index (κ1) is 25.9. The van der Waals surface area contributed by atoms with Crippen LogP contribution in [0, 0.1) is 5.92 Å². The average molecular weight is 501 g/mol. The summed E-state index contributed by atoms with van der Waals surface area (Å²) in [6, 6.07) is 24.7. The fourth-order valence-corrected chi connectivity index (χ4v) is 4.78. The summed E-state index contributed by atoms with van der Waals surface area (Å²) in [6.07, 6.45) is -0.860. The minimum Gasteiger partial charge on any atom is -0.481 e. The SMILES string of the molecule is CC(C)C(NC(=O)OCC1c2ccccc2-c2ccccc21)C(=O)N(CCC(=O)O)Cc1ccccc1. The van der Waals surface area contributed by atoms with E-state index in [2.05, 4.69) is 17.4 Å². The second-order valence-corrected chi connectivity index (χ2v) is 9.58. The third-order valence-corrected chi connectivity index (χ3v) is 6.67. The number of fused-ring (bicyclic) bond motifs is 3. The summed E-state index contributed by atoms with van der Waals surface area (Å²) in [7, 11) is 0. The van der Waals surface area contributed by atoms with Crippen LogP contribution in [0.15, 0.2) is 78.9 Å². The molecule has 0 aliphatic heterocycles.